The minimum absolute atomic E-state index is 0.209. The molecule has 2 aliphatic heterocycles. The van der Waals surface area contributed by atoms with Gasteiger partial charge in [-0.2, -0.15) is 0 Å². The van der Waals surface area contributed by atoms with Crippen LogP contribution in [0.2, 0.25) is 0 Å². The van der Waals surface area contributed by atoms with Gasteiger partial charge in [-0.15, -0.1) is 0 Å². The first-order valence-electron chi connectivity index (χ1n) is 10.9. The molecule has 9 heteroatoms. The molecule has 3 heterocycles. The average molecular weight is 421 g/mol. The first kappa shape index (κ1) is 22.4. The average Bonchev–Trinajstić information content (AvgIpc) is 3.21. The second-order valence-electron chi connectivity index (χ2n) is 9.12. The Labute approximate surface area is 179 Å². The van der Waals surface area contributed by atoms with Gasteiger partial charge in [-0.05, 0) is 39.5 Å². The molecule has 1 aromatic heterocycles. The standard InChI is InChI=1S/C21H36N6O3/c1-21(2,3)30-20(28)27-8-5-6-17(15-27)14-23-19(22-4)26-11-9-25(10-12-26)16-18-7-13-29-24-18/h7,13,17H,5-6,8-12,14-16H2,1-4H3,(H,22,23). The molecule has 9 nitrogen and oxygen atoms in total. The van der Waals surface area contributed by atoms with Crippen molar-refractivity contribution in [1.29, 1.82) is 0 Å². The molecule has 2 fully saturated rings. The van der Waals surface area contributed by atoms with E-state index in [4.69, 9.17) is 9.26 Å². The van der Waals surface area contributed by atoms with Gasteiger partial charge in [0.05, 0.1) is 5.69 Å². The maximum absolute atomic E-state index is 12.4. The van der Waals surface area contributed by atoms with Gasteiger partial charge in [-0.3, -0.25) is 9.89 Å². The van der Waals surface area contributed by atoms with Crippen molar-refractivity contribution < 1.29 is 14.1 Å². The number of aliphatic imine (C=N–C) groups is 1. The summed E-state index contributed by atoms with van der Waals surface area (Å²) in [6.45, 7) is 12.6. The SMILES string of the molecule is CN=C(NCC1CCCN(C(=O)OC(C)(C)C)C1)N1CCN(Cc2ccon2)CC1. The maximum atomic E-state index is 12.4. The third kappa shape index (κ3) is 6.62. The van der Waals surface area contributed by atoms with E-state index in [0.29, 0.717) is 5.92 Å². The van der Waals surface area contributed by atoms with E-state index in [0.717, 1.165) is 76.9 Å². The molecule has 0 radical (unpaired) electrons. The Kier molecular flexibility index (Phi) is 7.58. The molecule has 0 saturated carbocycles. The van der Waals surface area contributed by atoms with Gasteiger partial charge in [-0.25, -0.2) is 4.79 Å². The molecule has 3 rings (SSSR count). The molecule has 0 spiro atoms. The molecule has 2 saturated heterocycles. The number of piperazine rings is 1. The molecule has 168 valence electrons. The van der Waals surface area contributed by atoms with Crippen LogP contribution in [0.25, 0.3) is 0 Å². The summed E-state index contributed by atoms with van der Waals surface area (Å²) in [6, 6.07) is 1.91. The Hall–Kier alpha value is -2.29. The Morgan fingerprint density at radius 3 is 2.67 bits per heavy atom. The number of carbonyl (C=O) groups excluding carboxylic acids is 1. The second-order valence-corrected chi connectivity index (χ2v) is 9.12. The van der Waals surface area contributed by atoms with E-state index in [2.05, 4.69) is 25.3 Å². The summed E-state index contributed by atoms with van der Waals surface area (Å²) in [7, 11) is 1.83. The lowest BCUT2D eigenvalue weighted by atomic mass is 9.98. The van der Waals surface area contributed by atoms with Crippen molar-refractivity contribution in [2.45, 2.75) is 45.8 Å². The van der Waals surface area contributed by atoms with Crippen molar-refractivity contribution in [3.05, 3.63) is 18.0 Å². The number of likely N-dealkylation sites (tertiary alicyclic amines) is 1. The highest BCUT2D eigenvalue weighted by atomic mass is 16.6. The van der Waals surface area contributed by atoms with E-state index in [1.807, 2.05) is 38.8 Å². The summed E-state index contributed by atoms with van der Waals surface area (Å²) < 4.78 is 10.5. The van der Waals surface area contributed by atoms with Crippen molar-refractivity contribution >= 4 is 12.1 Å². The van der Waals surface area contributed by atoms with Gasteiger partial charge >= 0.3 is 6.09 Å². The second kappa shape index (κ2) is 10.1. The summed E-state index contributed by atoms with van der Waals surface area (Å²) in [4.78, 5) is 23.4. The highest BCUT2D eigenvalue weighted by Gasteiger charge is 2.28. The summed E-state index contributed by atoms with van der Waals surface area (Å²) in [5, 5.41) is 7.52. The predicted molar refractivity (Wildman–Crippen MR) is 115 cm³/mol. The summed E-state index contributed by atoms with van der Waals surface area (Å²) in [5.74, 6) is 1.34. The van der Waals surface area contributed by atoms with E-state index < -0.39 is 5.60 Å². The number of nitrogens with one attached hydrogen (secondary N) is 1. The molecule has 30 heavy (non-hydrogen) atoms. The number of carbonyl (C=O) groups is 1. The van der Waals surface area contributed by atoms with Crippen LogP contribution in [0.5, 0.6) is 0 Å². The molecular formula is C21H36N6O3. The Balaban J connectivity index is 1.42. The number of guanidine groups is 1. The van der Waals surface area contributed by atoms with E-state index in [-0.39, 0.29) is 6.09 Å². The molecule has 1 aromatic rings. The van der Waals surface area contributed by atoms with Crippen LogP contribution in [0.3, 0.4) is 0 Å². The van der Waals surface area contributed by atoms with E-state index in [9.17, 15) is 4.79 Å². The van der Waals surface area contributed by atoms with Crippen LogP contribution in [0.15, 0.2) is 21.8 Å². The van der Waals surface area contributed by atoms with E-state index >= 15 is 0 Å². The molecule has 1 atom stereocenters. The number of amides is 1. The smallest absolute Gasteiger partial charge is 0.410 e. The fraction of sp³-hybridized carbons (Fsp3) is 0.762. The zero-order valence-electron chi connectivity index (χ0n) is 18.8. The topological polar surface area (TPSA) is 86.4 Å². The van der Waals surface area contributed by atoms with Crippen LogP contribution in [-0.4, -0.2) is 90.4 Å². The fourth-order valence-electron chi connectivity index (χ4n) is 3.96. The number of rotatable bonds is 4. The number of hydrogen-bond donors (Lipinski definition) is 1. The van der Waals surface area contributed by atoms with Crippen LogP contribution in [0.1, 0.15) is 39.3 Å². The summed E-state index contributed by atoms with van der Waals surface area (Å²) >= 11 is 0. The highest BCUT2D eigenvalue weighted by molar-refractivity contribution is 5.80. The van der Waals surface area contributed by atoms with Crippen LogP contribution in [-0.2, 0) is 11.3 Å². The zero-order chi connectivity index (χ0) is 21.6. The maximum Gasteiger partial charge on any atom is 0.410 e. The molecule has 1 amide bonds. The first-order valence-corrected chi connectivity index (χ1v) is 10.9. The zero-order valence-corrected chi connectivity index (χ0v) is 18.8. The third-order valence-corrected chi connectivity index (χ3v) is 5.48. The predicted octanol–water partition coefficient (Wildman–Crippen LogP) is 2.01. The monoisotopic (exact) mass is 420 g/mol. The minimum atomic E-state index is -0.458. The van der Waals surface area contributed by atoms with Crippen LogP contribution < -0.4 is 5.32 Å². The minimum Gasteiger partial charge on any atom is -0.444 e. The highest BCUT2D eigenvalue weighted by Crippen LogP contribution is 2.19. The molecule has 1 unspecified atom stereocenters. The Morgan fingerprint density at radius 2 is 2.03 bits per heavy atom. The van der Waals surface area contributed by atoms with Gasteiger partial charge < -0.3 is 24.4 Å². The quantitative estimate of drug-likeness (QED) is 0.589. The summed E-state index contributed by atoms with van der Waals surface area (Å²) in [6.07, 6.45) is 3.52. The van der Waals surface area contributed by atoms with Crippen molar-refractivity contribution in [3.63, 3.8) is 0 Å². The van der Waals surface area contributed by atoms with Crippen molar-refractivity contribution in [2.75, 3.05) is 52.9 Å². The van der Waals surface area contributed by atoms with Crippen molar-refractivity contribution in [1.82, 2.24) is 25.2 Å². The van der Waals surface area contributed by atoms with Crippen LogP contribution >= 0.6 is 0 Å². The largest absolute Gasteiger partial charge is 0.444 e. The third-order valence-electron chi connectivity index (χ3n) is 5.48. The number of hydrogen-bond acceptors (Lipinski definition) is 6. The van der Waals surface area contributed by atoms with Gasteiger partial charge in [0.2, 0.25) is 0 Å². The molecule has 0 aromatic carbocycles. The Morgan fingerprint density at radius 1 is 1.27 bits per heavy atom. The molecule has 1 N–H and O–H groups in total. The van der Waals surface area contributed by atoms with Gasteiger partial charge in [0.1, 0.15) is 11.9 Å². The number of aromatic nitrogens is 1. The van der Waals surface area contributed by atoms with Crippen molar-refractivity contribution in [2.24, 2.45) is 10.9 Å². The normalized spacial score (nSPS) is 21.6. The number of ether oxygens (including phenoxy) is 1. The lowest BCUT2D eigenvalue weighted by molar-refractivity contribution is 0.0168. The van der Waals surface area contributed by atoms with Gasteiger partial charge in [-0.1, -0.05) is 5.16 Å². The fourth-order valence-corrected chi connectivity index (χ4v) is 3.96. The first-order chi connectivity index (χ1) is 14.3. The molecule has 0 aliphatic carbocycles. The van der Waals surface area contributed by atoms with Crippen LogP contribution in [0.4, 0.5) is 4.79 Å². The lowest BCUT2D eigenvalue weighted by Crippen LogP contribution is -2.53. The molecular weight excluding hydrogens is 384 g/mol. The molecule has 2 aliphatic rings. The van der Waals surface area contributed by atoms with Gasteiger partial charge in [0.25, 0.3) is 0 Å². The Bertz CT molecular complexity index is 692. The molecule has 0 bridgehead atoms. The van der Waals surface area contributed by atoms with Crippen LogP contribution in [0, 0.1) is 5.92 Å². The number of piperidine rings is 1. The van der Waals surface area contributed by atoms with Gasteiger partial charge in [0, 0.05) is 65.5 Å². The van der Waals surface area contributed by atoms with Crippen molar-refractivity contribution in [3.8, 4) is 0 Å². The lowest BCUT2D eigenvalue weighted by Gasteiger charge is -2.37. The number of nitrogens with zero attached hydrogens (tertiary/aromatic N) is 5. The van der Waals surface area contributed by atoms with E-state index in [1.54, 1.807) is 6.26 Å². The van der Waals surface area contributed by atoms with E-state index in [1.165, 1.54) is 0 Å². The van der Waals surface area contributed by atoms with Gasteiger partial charge in [0.15, 0.2) is 5.96 Å². The summed E-state index contributed by atoms with van der Waals surface area (Å²) in [5.41, 5.74) is 0.512.